The molecule has 9 aromatic carbocycles. The van der Waals surface area contributed by atoms with Gasteiger partial charge in [0, 0.05) is 22.2 Å². The van der Waals surface area contributed by atoms with E-state index in [1.54, 1.807) is 0 Å². The number of para-hydroxylation sites is 1. The summed E-state index contributed by atoms with van der Waals surface area (Å²) in [6, 6.07) is 81.9. The predicted molar refractivity (Wildman–Crippen MR) is 246 cm³/mol. The zero-order valence-electron chi connectivity index (χ0n) is 32.8. The lowest BCUT2D eigenvalue weighted by atomic mass is 9.82. The summed E-state index contributed by atoms with van der Waals surface area (Å²) in [6.45, 7) is 4.71. The number of anilines is 3. The number of nitrogens with zero attached hydrogens (tertiary/aromatic N) is 1. The van der Waals surface area contributed by atoms with Crippen LogP contribution in [0.25, 0.3) is 66.8 Å². The Hall–Kier alpha value is -7.22. The van der Waals surface area contributed by atoms with Gasteiger partial charge < -0.3 is 4.90 Å². The van der Waals surface area contributed by atoms with Gasteiger partial charge in [0.25, 0.3) is 0 Å². The van der Waals surface area contributed by atoms with Gasteiger partial charge >= 0.3 is 0 Å². The highest BCUT2D eigenvalue weighted by molar-refractivity contribution is 6.03. The van der Waals surface area contributed by atoms with Gasteiger partial charge in [0.15, 0.2) is 0 Å². The second-order valence-electron chi connectivity index (χ2n) is 15.7. The van der Waals surface area contributed by atoms with Crippen LogP contribution in [0, 0.1) is 0 Å². The van der Waals surface area contributed by atoms with Crippen molar-refractivity contribution in [3.8, 4) is 66.8 Å². The van der Waals surface area contributed by atoms with E-state index in [1.807, 2.05) is 0 Å². The second kappa shape index (κ2) is 14.7. The Morgan fingerprint density at radius 1 is 0.293 bits per heavy atom. The summed E-state index contributed by atoms with van der Waals surface area (Å²) in [5, 5.41) is 0. The topological polar surface area (TPSA) is 3.24 Å². The monoisotopic (exact) mass is 741 g/mol. The van der Waals surface area contributed by atoms with Crippen LogP contribution in [0.2, 0.25) is 0 Å². The van der Waals surface area contributed by atoms with Crippen LogP contribution in [0.4, 0.5) is 17.1 Å². The molecule has 0 spiro atoms. The van der Waals surface area contributed by atoms with Crippen molar-refractivity contribution in [3.63, 3.8) is 0 Å². The molecule has 0 fully saturated rings. The van der Waals surface area contributed by atoms with Crippen molar-refractivity contribution in [2.75, 3.05) is 4.90 Å². The quantitative estimate of drug-likeness (QED) is 0.150. The first-order valence-electron chi connectivity index (χ1n) is 20.2. The summed E-state index contributed by atoms with van der Waals surface area (Å²) >= 11 is 0. The molecule has 10 rings (SSSR count). The van der Waals surface area contributed by atoms with Crippen molar-refractivity contribution in [3.05, 3.63) is 236 Å². The fourth-order valence-corrected chi connectivity index (χ4v) is 9.08. The maximum absolute atomic E-state index is 2.51. The minimum atomic E-state index is -0.0965. The van der Waals surface area contributed by atoms with Crippen molar-refractivity contribution in [2.24, 2.45) is 0 Å². The molecule has 0 aromatic heterocycles. The fourth-order valence-electron chi connectivity index (χ4n) is 9.08. The summed E-state index contributed by atoms with van der Waals surface area (Å²) in [6.07, 6.45) is 0. The zero-order valence-corrected chi connectivity index (χ0v) is 32.8. The van der Waals surface area contributed by atoms with Crippen LogP contribution in [0.1, 0.15) is 25.0 Å². The fraction of sp³-hybridized carbons (Fsp3) is 0.0526. The zero-order chi connectivity index (χ0) is 39.1. The molecular formula is C57H43N. The standard InChI is InChI=1S/C57H43N/c1-57(2)52-30-16-14-27-49(52)51-39-45(37-38-53(51)57)58(54-31-17-15-26-47(54)44-35-33-41(34-36-44)40-19-6-3-7-20-40)55-32-18-29-48(43-23-10-5-11-24-43)56(55)50-28-13-12-25-46(50)42-21-8-4-9-22-42/h3-39H,1-2H3. The second-order valence-corrected chi connectivity index (χ2v) is 15.7. The molecule has 0 saturated carbocycles. The van der Waals surface area contributed by atoms with E-state index >= 15 is 0 Å². The molecule has 0 heterocycles. The van der Waals surface area contributed by atoms with Crippen molar-refractivity contribution in [1.29, 1.82) is 0 Å². The molecule has 276 valence electrons. The van der Waals surface area contributed by atoms with Gasteiger partial charge in [-0.05, 0) is 91.0 Å². The van der Waals surface area contributed by atoms with E-state index in [1.165, 1.54) is 72.3 Å². The third kappa shape index (κ3) is 6.13. The average Bonchev–Trinajstić information content (AvgIpc) is 3.52. The molecule has 0 bridgehead atoms. The molecule has 1 aliphatic rings. The van der Waals surface area contributed by atoms with Crippen molar-refractivity contribution in [2.45, 2.75) is 19.3 Å². The van der Waals surface area contributed by atoms with E-state index in [-0.39, 0.29) is 5.41 Å². The van der Waals surface area contributed by atoms with Crippen LogP contribution in [0.3, 0.4) is 0 Å². The van der Waals surface area contributed by atoms with Crippen LogP contribution in [-0.4, -0.2) is 0 Å². The third-order valence-electron chi connectivity index (χ3n) is 11.9. The van der Waals surface area contributed by atoms with E-state index in [0.29, 0.717) is 0 Å². The molecule has 9 aromatic rings. The molecule has 1 heteroatoms. The molecule has 1 nitrogen and oxygen atoms in total. The molecule has 0 unspecified atom stereocenters. The predicted octanol–water partition coefficient (Wildman–Crippen LogP) is 15.8. The van der Waals surface area contributed by atoms with Gasteiger partial charge in [0.05, 0.1) is 11.4 Å². The summed E-state index contributed by atoms with van der Waals surface area (Å²) in [5.74, 6) is 0. The van der Waals surface area contributed by atoms with E-state index in [0.717, 1.165) is 22.6 Å². The molecule has 0 atom stereocenters. The van der Waals surface area contributed by atoms with Crippen LogP contribution in [0.5, 0.6) is 0 Å². The lowest BCUT2D eigenvalue weighted by Gasteiger charge is -2.32. The minimum Gasteiger partial charge on any atom is -0.309 e. The Morgan fingerprint density at radius 3 is 1.43 bits per heavy atom. The maximum atomic E-state index is 2.51. The average molecular weight is 742 g/mol. The van der Waals surface area contributed by atoms with E-state index < -0.39 is 0 Å². The summed E-state index contributed by atoms with van der Waals surface area (Å²) in [4.78, 5) is 2.51. The Bertz CT molecular complexity index is 2890. The Morgan fingerprint density at radius 2 is 0.741 bits per heavy atom. The lowest BCUT2D eigenvalue weighted by molar-refractivity contribution is 0.660. The van der Waals surface area contributed by atoms with Gasteiger partial charge in [-0.1, -0.05) is 214 Å². The smallest absolute Gasteiger partial charge is 0.0546 e. The van der Waals surface area contributed by atoms with Crippen molar-refractivity contribution < 1.29 is 0 Å². The van der Waals surface area contributed by atoms with Crippen molar-refractivity contribution >= 4 is 17.1 Å². The third-order valence-corrected chi connectivity index (χ3v) is 11.9. The van der Waals surface area contributed by atoms with Crippen LogP contribution in [0.15, 0.2) is 224 Å². The number of rotatable bonds is 8. The van der Waals surface area contributed by atoms with Crippen LogP contribution in [-0.2, 0) is 5.41 Å². The van der Waals surface area contributed by atoms with Gasteiger partial charge in [-0.15, -0.1) is 0 Å². The Kier molecular flexibility index (Phi) is 8.92. The van der Waals surface area contributed by atoms with Gasteiger partial charge in [-0.3, -0.25) is 0 Å². The van der Waals surface area contributed by atoms with Crippen LogP contribution < -0.4 is 4.90 Å². The summed E-state index contributed by atoms with van der Waals surface area (Å²) < 4.78 is 0. The van der Waals surface area contributed by atoms with Gasteiger partial charge in [0.1, 0.15) is 0 Å². The molecule has 0 radical (unpaired) electrons. The summed E-state index contributed by atoms with van der Waals surface area (Å²) in [7, 11) is 0. The molecule has 0 aliphatic heterocycles. The molecule has 58 heavy (non-hydrogen) atoms. The SMILES string of the molecule is CC1(C)c2ccccc2-c2cc(N(c3ccccc3-c3ccc(-c4ccccc4)cc3)c3cccc(-c4ccccc4)c3-c3ccccc3-c3ccccc3)ccc21. The molecule has 0 N–H and O–H groups in total. The number of benzene rings is 9. The van der Waals surface area contributed by atoms with E-state index in [4.69, 9.17) is 0 Å². The normalized spacial score (nSPS) is 12.4. The molecule has 1 aliphatic carbocycles. The van der Waals surface area contributed by atoms with E-state index in [2.05, 4.69) is 243 Å². The minimum absolute atomic E-state index is 0.0965. The maximum Gasteiger partial charge on any atom is 0.0546 e. The van der Waals surface area contributed by atoms with Crippen LogP contribution >= 0.6 is 0 Å². The Balaban J connectivity index is 1.26. The summed E-state index contributed by atoms with van der Waals surface area (Å²) in [5.41, 5.74) is 20.4. The largest absolute Gasteiger partial charge is 0.309 e. The first-order valence-corrected chi connectivity index (χ1v) is 20.2. The Labute approximate surface area is 342 Å². The van der Waals surface area contributed by atoms with Gasteiger partial charge in [-0.2, -0.15) is 0 Å². The molecular weight excluding hydrogens is 699 g/mol. The number of hydrogen-bond acceptors (Lipinski definition) is 1. The highest BCUT2D eigenvalue weighted by atomic mass is 15.1. The lowest BCUT2D eigenvalue weighted by Crippen LogP contribution is -2.16. The number of fused-ring (bicyclic) bond motifs is 3. The molecule has 0 saturated heterocycles. The van der Waals surface area contributed by atoms with E-state index in [9.17, 15) is 0 Å². The first kappa shape index (κ1) is 35.2. The first-order chi connectivity index (χ1) is 28.6. The highest BCUT2D eigenvalue weighted by Crippen LogP contribution is 2.53. The van der Waals surface area contributed by atoms with Crippen molar-refractivity contribution in [1.82, 2.24) is 0 Å². The van der Waals surface area contributed by atoms with Gasteiger partial charge in [-0.25, -0.2) is 0 Å². The highest BCUT2D eigenvalue weighted by Gasteiger charge is 2.36. The number of hydrogen-bond donors (Lipinski definition) is 0. The van der Waals surface area contributed by atoms with Gasteiger partial charge in [0.2, 0.25) is 0 Å². The molecule has 0 amide bonds.